The molecule has 2 atom stereocenters. The van der Waals surface area contributed by atoms with Crippen molar-refractivity contribution >= 4 is 49.3 Å². The summed E-state index contributed by atoms with van der Waals surface area (Å²) >= 11 is 0. The van der Waals surface area contributed by atoms with E-state index in [2.05, 4.69) is 137 Å². The van der Waals surface area contributed by atoms with Gasteiger partial charge >= 0.3 is 0 Å². The molecule has 4 heteroatoms. The lowest BCUT2D eigenvalue weighted by atomic mass is 9.87. The molecule has 0 bridgehead atoms. The van der Waals surface area contributed by atoms with Crippen LogP contribution in [0.15, 0.2) is 150 Å². The second-order valence-corrected chi connectivity index (χ2v) is 12.0. The molecule has 4 heterocycles. The number of para-hydroxylation sites is 3. The molecule has 0 N–H and O–H groups in total. The third-order valence-corrected chi connectivity index (χ3v) is 9.42. The van der Waals surface area contributed by atoms with Gasteiger partial charge in [0.1, 0.15) is 23.0 Å². The maximum Gasteiger partial charge on any atom is 0.135 e. The third-order valence-electron chi connectivity index (χ3n) is 9.42. The van der Waals surface area contributed by atoms with Crippen molar-refractivity contribution in [1.82, 2.24) is 9.55 Å². The molecule has 212 valence electrons. The Labute approximate surface area is 259 Å². The van der Waals surface area contributed by atoms with Crippen LogP contribution in [0.4, 0.5) is 0 Å². The summed E-state index contributed by atoms with van der Waals surface area (Å²) in [5.41, 5.74) is 10.9. The Kier molecular flexibility index (Phi) is 5.08. The van der Waals surface area contributed by atoms with Crippen LogP contribution in [0.3, 0.4) is 0 Å². The first-order valence-electron chi connectivity index (χ1n) is 15.3. The molecule has 2 unspecified atom stereocenters. The van der Waals surface area contributed by atoms with Gasteiger partial charge in [-0.2, -0.15) is 0 Å². The molecular weight excluding hydrogens is 552 g/mol. The summed E-state index contributed by atoms with van der Waals surface area (Å²) in [6, 6.07) is 40.7. The molecule has 3 aromatic heterocycles. The van der Waals surface area contributed by atoms with Gasteiger partial charge in [-0.15, -0.1) is 0 Å². The first-order chi connectivity index (χ1) is 22.3. The van der Waals surface area contributed by atoms with Gasteiger partial charge in [0.25, 0.3) is 0 Å². The largest absolute Gasteiger partial charge is 0.485 e. The number of hydrogen-bond donors (Lipinski definition) is 0. The lowest BCUT2D eigenvalue weighted by molar-refractivity contribution is 0.269. The Morgan fingerprint density at radius 1 is 0.600 bits per heavy atom. The van der Waals surface area contributed by atoms with E-state index in [0.717, 1.165) is 55.6 Å². The zero-order valence-electron chi connectivity index (χ0n) is 24.2. The molecule has 4 nitrogen and oxygen atoms in total. The second kappa shape index (κ2) is 9.31. The molecule has 2 aliphatic rings. The van der Waals surface area contributed by atoms with Crippen molar-refractivity contribution in [3.05, 3.63) is 157 Å². The highest BCUT2D eigenvalue weighted by molar-refractivity contribution is 6.11. The summed E-state index contributed by atoms with van der Waals surface area (Å²) in [7, 11) is 0. The molecule has 5 aromatic carbocycles. The molecule has 0 amide bonds. The van der Waals surface area contributed by atoms with E-state index >= 15 is 0 Å². The first-order valence-corrected chi connectivity index (χ1v) is 15.3. The number of nitrogens with zero attached hydrogens (tertiary/aromatic N) is 2. The van der Waals surface area contributed by atoms with Crippen LogP contribution in [0.5, 0.6) is 5.75 Å². The van der Waals surface area contributed by atoms with Crippen LogP contribution in [0.25, 0.3) is 66.1 Å². The van der Waals surface area contributed by atoms with E-state index in [9.17, 15) is 0 Å². The molecule has 8 aromatic rings. The fraction of sp³-hybridized carbons (Fsp3) is 0.0488. The number of aromatic nitrogens is 2. The summed E-state index contributed by atoms with van der Waals surface area (Å²) in [6.07, 6.45) is 10.6. The number of pyridine rings is 1. The SMILES string of the molecule is C1=CC2Oc3ccccc3C2C=C1c1cncc(-c2ccc3oc4ccc(-n5c6ccccc6c6ccccc65)cc4c3c2)c1. The highest BCUT2D eigenvalue weighted by Gasteiger charge is 2.33. The molecule has 0 radical (unpaired) electrons. The predicted octanol–water partition coefficient (Wildman–Crippen LogP) is 10.2. The van der Waals surface area contributed by atoms with Crippen LogP contribution >= 0.6 is 0 Å². The Bertz CT molecular complexity index is 2490. The Morgan fingerprint density at radius 3 is 2.16 bits per heavy atom. The fourth-order valence-corrected chi connectivity index (χ4v) is 7.28. The minimum absolute atomic E-state index is 0.0477. The van der Waals surface area contributed by atoms with Gasteiger partial charge in [-0.1, -0.05) is 72.8 Å². The standard InChI is InChI=1S/C41H26N2O2/c1-4-10-36-30(7-1)31-8-2-5-11-37(31)43(36)29-15-18-41-35(22-29)34-21-26(14-17-40(34)45-41)28-19-27(23-42-24-28)25-13-16-39-33(20-25)32-9-3-6-12-38(32)44-39/h1-24,33,39H. The minimum atomic E-state index is 0.0477. The predicted molar refractivity (Wildman–Crippen MR) is 182 cm³/mol. The Hall–Kier alpha value is -5.87. The molecule has 1 aliphatic carbocycles. The second-order valence-electron chi connectivity index (χ2n) is 12.0. The van der Waals surface area contributed by atoms with Crippen LogP contribution in [0, 0.1) is 0 Å². The number of allylic oxidation sites excluding steroid dienone is 2. The topological polar surface area (TPSA) is 40.2 Å². The van der Waals surface area contributed by atoms with Gasteiger partial charge < -0.3 is 13.7 Å². The summed E-state index contributed by atoms with van der Waals surface area (Å²) in [4.78, 5) is 4.67. The van der Waals surface area contributed by atoms with E-state index in [1.165, 1.54) is 27.4 Å². The van der Waals surface area contributed by atoms with Gasteiger partial charge in [-0.05, 0) is 71.8 Å². The minimum Gasteiger partial charge on any atom is -0.485 e. The van der Waals surface area contributed by atoms with Crippen molar-refractivity contribution in [1.29, 1.82) is 0 Å². The quantitative estimate of drug-likeness (QED) is 0.209. The van der Waals surface area contributed by atoms with E-state index in [1.807, 2.05) is 18.5 Å². The van der Waals surface area contributed by atoms with Crippen molar-refractivity contribution in [3.63, 3.8) is 0 Å². The molecule has 0 spiro atoms. The highest BCUT2D eigenvalue weighted by atomic mass is 16.5. The van der Waals surface area contributed by atoms with Gasteiger partial charge in [0.05, 0.1) is 11.0 Å². The summed E-state index contributed by atoms with van der Waals surface area (Å²) in [5.74, 6) is 1.19. The van der Waals surface area contributed by atoms with E-state index in [4.69, 9.17) is 9.15 Å². The third kappa shape index (κ3) is 3.69. The van der Waals surface area contributed by atoms with Crippen molar-refractivity contribution in [2.75, 3.05) is 0 Å². The Balaban J connectivity index is 1.07. The number of furan rings is 1. The van der Waals surface area contributed by atoms with Crippen LogP contribution in [-0.4, -0.2) is 15.7 Å². The van der Waals surface area contributed by atoms with Crippen LogP contribution < -0.4 is 4.74 Å². The van der Waals surface area contributed by atoms with Crippen molar-refractivity contribution in [2.45, 2.75) is 12.0 Å². The monoisotopic (exact) mass is 578 g/mol. The average Bonchev–Trinajstić information content (AvgIpc) is 3.77. The molecular formula is C41H26N2O2. The average molecular weight is 579 g/mol. The summed E-state index contributed by atoms with van der Waals surface area (Å²) in [5, 5.41) is 4.69. The van der Waals surface area contributed by atoms with E-state index in [-0.39, 0.29) is 12.0 Å². The number of hydrogen-bond acceptors (Lipinski definition) is 3. The van der Waals surface area contributed by atoms with Gasteiger partial charge in [0.15, 0.2) is 0 Å². The van der Waals surface area contributed by atoms with E-state index in [1.54, 1.807) is 0 Å². The number of ether oxygens (including phenoxy) is 1. The maximum absolute atomic E-state index is 6.32. The molecule has 0 saturated heterocycles. The fourth-order valence-electron chi connectivity index (χ4n) is 7.28. The van der Waals surface area contributed by atoms with Gasteiger partial charge in [-0.3, -0.25) is 4.98 Å². The number of rotatable bonds is 3. The van der Waals surface area contributed by atoms with Crippen molar-refractivity contribution in [2.24, 2.45) is 0 Å². The molecule has 10 rings (SSSR count). The lowest BCUT2D eigenvalue weighted by Gasteiger charge is -2.19. The molecule has 1 aliphatic heterocycles. The van der Waals surface area contributed by atoms with Crippen molar-refractivity contribution in [3.8, 4) is 22.6 Å². The normalized spacial score (nSPS) is 17.1. The smallest absolute Gasteiger partial charge is 0.135 e. The Morgan fingerprint density at radius 2 is 1.31 bits per heavy atom. The summed E-state index contributed by atoms with van der Waals surface area (Å²) < 4.78 is 14.8. The lowest BCUT2D eigenvalue weighted by Crippen LogP contribution is -2.17. The van der Waals surface area contributed by atoms with Gasteiger partial charge in [-0.25, -0.2) is 0 Å². The van der Waals surface area contributed by atoms with Gasteiger partial charge in [0.2, 0.25) is 0 Å². The molecule has 45 heavy (non-hydrogen) atoms. The number of fused-ring (bicyclic) bond motifs is 9. The zero-order valence-corrected chi connectivity index (χ0v) is 24.2. The highest BCUT2D eigenvalue weighted by Crippen LogP contribution is 2.44. The first kappa shape index (κ1) is 24.6. The van der Waals surface area contributed by atoms with Crippen LogP contribution in [0.2, 0.25) is 0 Å². The molecule has 0 saturated carbocycles. The van der Waals surface area contributed by atoms with Crippen LogP contribution in [-0.2, 0) is 0 Å². The van der Waals surface area contributed by atoms with Crippen molar-refractivity contribution < 1.29 is 9.15 Å². The number of benzene rings is 5. The van der Waals surface area contributed by atoms with E-state index in [0.29, 0.717) is 0 Å². The van der Waals surface area contributed by atoms with E-state index < -0.39 is 0 Å². The summed E-state index contributed by atoms with van der Waals surface area (Å²) in [6.45, 7) is 0. The molecule has 0 fully saturated rings. The van der Waals surface area contributed by atoms with Crippen LogP contribution in [0.1, 0.15) is 17.0 Å². The van der Waals surface area contributed by atoms with Gasteiger partial charge in [0, 0.05) is 62.2 Å². The zero-order chi connectivity index (χ0) is 29.5. The maximum atomic E-state index is 6.32.